The maximum atomic E-state index is 13.6. The van der Waals surface area contributed by atoms with Gasteiger partial charge < -0.3 is 0 Å². The molecule has 21 heavy (non-hydrogen) atoms. The highest BCUT2D eigenvalue weighted by molar-refractivity contribution is 5.99. The molecule has 0 atom stereocenters. The number of fused-ring (bicyclic) bond motifs is 1. The summed E-state index contributed by atoms with van der Waals surface area (Å²) in [4.78, 5) is 12.3. The van der Waals surface area contributed by atoms with Gasteiger partial charge in [-0.1, -0.05) is 30.3 Å². The van der Waals surface area contributed by atoms with E-state index in [-0.39, 0.29) is 18.0 Å². The zero-order valence-corrected chi connectivity index (χ0v) is 11.9. The van der Waals surface area contributed by atoms with Crippen LogP contribution in [0.15, 0.2) is 42.5 Å². The second-order valence-corrected chi connectivity index (χ2v) is 5.15. The predicted octanol–water partition coefficient (Wildman–Crippen LogP) is 3.45. The Balaban J connectivity index is 1.94. The highest BCUT2D eigenvalue weighted by atomic mass is 19.1. The maximum absolute atomic E-state index is 13.6. The van der Waals surface area contributed by atoms with E-state index in [4.69, 9.17) is 0 Å². The van der Waals surface area contributed by atoms with Gasteiger partial charge in [0.2, 0.25) is 0 Å². The number of carbonyl (C=O) groups is 1. The van der Waals surface area contributed by atoms with Crippen LogP contribution in [0.3, 0.4) is 0 Å². The minimum Gasteiger partial charge on any atom is -0.294 e. The van der Waals surface area contributed by atoms with E-state index in [1.165, 1.54) is 6.07 Å². The maximum Gasteiger partial charge on any atom is 0.169 e. The normalized spacial score (nSPS) is 11.0. The smallest absolute Gasteiger partial charge is 0.169 e. The third-order valence-corrected chi connectivity index (χ3v) is 3.66. The Morgan fingerprint density at radius 2 is 2.00 bits per heavy atom. The van der Waals surface area contributed by atoms with E-state index in [9.17, 15) is 9.18 Å². The molecule has 1 aromatic heterocycles. The first-order valence-electron chi connectivity index (χ1n) is 6.76. The Hall–Kier alpha value is -2.49. The van der Waals surface area contributed by atoms with Gasteiger partial charge in [0.05, 0.1) is 17.6 Å². The van der Waals surface area contributed by atoms with Crippen molar-refractivity contribution >= 4 is 16.7 Å². The minimum atomic E-state index is -0.355. The van der Waals surface area contributed by atoms with E-state index in [1.54, 1.807) is 23.7 Å². The Labute approximate surface area is 122 Å². The van der Waals surface area contributed by atoms with E-state index in [1.807, 2.05) is 31.3 Å². The predicted molar refractivity (Wildman–Crippen MR) is 79.9 cm³/mol. The summed E-state index contributed by atoms with van der Waals surface area (Å²) in [5, 5.41) is 5.36. The average Bonchev–Trinajstić information content (AvgIpc) is 2.79. The lowest BCUT2D eigenvalue weighted by Gasteiger charge is -2.02. The average molecular weight is 282 g/mol. The second-order valence-electron chi connectivity index (χ2n) is 5.15. The summed E-state index contributed by atoms with van der Waals surface area (Å²) in [6.07, 6.45) is 0.170. The van der Waals surface area contributed by atoms with Crippen LogP contribution in [0.25, 0.3) is 10.9 Å². The molecule has 3 aromatic rings. The van der Waals surface area contributed by atoms with Gasteiger partial charge in [0.25, 0.3) is 0 Å². The van der Waals surface area contributed by atoms with Crippen LogP contribution in [-0.4, -0.2) is 15.6 Å². The summed E-state index contributed by atoms with van der Waals surface area (Å²) in [5.74, 6) is -0.482. The number of ketones is 1. The summed E-state index contributed by atoms with van der Waals surface area (Å²) in [6, 6.07) is 12.3. The summed E-state index contributed by atoms with van der Waals surface area (Å²) >= 11 is 0. The minimum absolute atomic E-state index is 0.127. The molecular weight excluding hydrogens is 267 g/mol. The summed E-state index contributed by atoms with van der Waals surface area (Å²) in [6.45, 7) is 1.68. The van der Waals surface area contributed by atoms with Gasteiger partial charge >= 0.3 is 0 Å². The molecular formula is C17H15FN2O. The fourth-order valence-electron chi connectivity index (χ4n) is 2.44. The topological polar surface area (TPSA) is 34.9 Å². The molecule has 0 amide bonds. The fourth-order valence-corrected chi connectivity index (χ4v) is 2.44. The van der Waals surface area contributed by atoms with Crippen LogP contribution in [-0.2, 0) is 13.5 Å². The lowest BCUT2D eigenvalue weighted by atomic mass is 10.0. The van der Waals surface area contributed by atoms with Crippen molar-refractivity contribution in [2.75, 3.05) is 0 Å². The third-order valence-electron chi connectivity index (χ3n) is 3.66. The first-order valence-corrected chi connectivity index (χ1v) is 6.76. The number of halogens is 1. The highest BCUT2D eigenvalue weighted by Crippen LogP contribution is 2.19. The molecule has 3 rings (SSSR count). The van der Waals surface area contributed by atoms with E-state index in [0.29, 0.717) is 11.1 Å². The zero-order chi connectivity index (χ0) is 15.0. The number of hydrogen-bond donors (Lipinski definition) is 0. The molecule has 2 aromatic carbocycles. The molecule has 0 bridgehead atoms. The quantitative estimate of drug-likeness (QED) is 0.690. The second kappa shape index (κ2) is 5.13. The van der Waals surface area contributed by atoms with Crippen LogP contribution < -0.4 is 0 Å². The SMILES string of the molecule is Cc1ccc(C(=O)Cc2nn(C)c3ccccc23)cc1F. The van der Waals surface area contributed by atoms with E-state index >= 15 is 0 Å². The Kier molecular flexibility index (Phi) is 3.29. The lowest BCUT2D eigenvalue weighted by molar-refractivity contribution is 0.0991. The Morgan fingerprint density at radius 1 is 1.24 bits per heavy atom. The van der Waals surface area contributed by atoms with Crippen molar-refractivity contribution < 1.29 is 9.18 Å². The number of para-hydroxylation sites is 1. The van der Waals surface area contributed by atoms with Crippen molar-refractivity contribution in [3.63, 3.8) is 0 Å². The number of benzene rings is 2. The van der Waals surface area contributed by atoms with Gasteiger partial charge in [-0.05, 0) is 24.6 Å². The van der Waals surface area contributed by atoms with Crippen LogP contribution in [0, 0.1) is 12.7 Å². The molecule has 0 aliphatic heterocycles. The van der Waals surface area contributed by atoms with Crippen molar-refractivity contribution in [1.82, 2.24) is 9.78 Å². The van der Waals surface area contributed by atoms with Crippen LogP contribution in [0.1, 0.15) is 21.6 Å². The summed E-state index contributed by atoms with van der Waals surface area (Å²) in [5.41, 5.74) is 2.62. The number of nitrogens with zero attached hydrogens (tertiary/aromatic N) is 2. The third kappa shape index (κ3) is 2.44. The van der Waals surface area contributed by atoms with E-state index in [2.05, 4.69) is 5.10 Å². The van der Waals surface area contributed by atoms with Crippen LogP contribution in [0.4, 0.5) is 4.39 Å². The Bertz CT molecular complexity index is 836. The van der Waals surface area contributed by atoms with Crippen molar-refractivity contribution in [3.05, 3.63) is 65.1 Å². The molecule has 0 spiro atoms. The molecule has 0 aliphatic carbocycles. The zero-order valence-electron chi connectivity index (χ0n) is 11.9. The van der Waals surface area contributed by atoms with Crippen LogP contribution in [0.2, 0.25) is 0 Å². The molecule has 1 heterocycles. The summed E-state index contributed by atoms with van der Waals surface area (Å²) < 4.78 is 15.3. The van der Waals surface area contributed by atoms with Crippen LogP contribution in [0.5, 0.6) is 0 Å². The van der Waals surface area contributed by atoms with Crippen LogP contribution >= 0.6 is 0 Å². The van der Waals surface area contributed by atoms with Crippen molar-refractivity contribution in [1.29, 1.82) is 0 Å². The first kappa shape index (κ1) is 13.5. The molecule has 3 nitrogen and oxygen atoms in total. The largest absolute Gasteiger partial charge is 0.294 e. The molecule has 0 unspecified atom stereocenters. The standard InChI is InChI=1S/C17H15FN2O/c1-11-7-8-12(9-14(11)18)17(21)10-15-13-5-3-4-6-16(13)20(2)19-15/h3-9H,10H2,1-2H3. The van der Waals surface area contributed by atoms with Crippen molar-refractivity contribution in [2.24, 2.45) is 7.05 Å². The van der Waals surface area contributed by atoms with Gasteiger partial charge in [-0.25, -0.2) is 4.39 Å². The lowest BCUT2D eigenvalue weighted by Crippen LogP contribution is -2.05. The monoisotopic (exact) mass is 282 g/mol. The number of aryl methyl sites for hydroxylation is 2. The first-order chi connectivity index (χ1) is 10.1. The molecule has 0 saturated carbocycles. The fraction of sp³-hybridized carbons (Fsp3) is 0.176. The molecule has 106 valence electrons. The number of Topliss-reactive ketones (excluding diaryl/α,β-unsaturated/α-hetero) is 1. The molecule has 0 N–H and O–H groups in total. The number of carbonyl (C=O) groups excluding carboxylic acids is 1. The summed E-state index contributed by atoms with van der Waals surface area (Å²) in [7, 11) is 1.85. The molecule has 0 aliphatic rings. The van der Waals surface area contributed by atoms with Crippen molar-refractivity contribution in [3.8, 4) is 0 Å². The van der Waals surface area contributed by atoms with E-state index < -0.39 is 0 Å². The molecule has 0 fully saturated rings. The molecule has 4 heteroatoms. The van der Waals surface area contributed by atoms with Crippen molar-refractivity contribution in [2.45, 2.75) is 13.3 Å². The van der Waals surface area contributed by atoms with Gasteiger partial charge in [0, 0.05) is 18.0 Å². The van der Waals surface area contributed by atoms with Gasteiger partial charge in [0.1, 0.15) is 5.82 Å². The van der Waals surface area contributed by atoms with E-state index in [0.717, 1.165) is 16.6 Å². The van der Waals surface area contributed by atoms with Gasteiger partial charge in [-0.2, -0.15) is 5.10 Å². The highest BCUT2D eigenvalue weighted by Gasteiger charge is 2.14. The number of rotatable bonds is 3. The Morgan fingerprint density at radius 3 is 2.76 bits per heavy atom. The van der Waals surface area contributed by atoms with Gasteiger partial charge in [-0.3, -0.25) is 9.48 Å². The molecule has 0 radical (unpaired) electrons. The number of hydrogen-bond acceptors (Lipinski definition) is 2. The number of aromatic nitrogens is 2. The van der Waals surface area contributed by atoms with Gasteiger partial charge in [-0.15, -0.1) is 0 Å². The van der Waals surface area contributed by atoms with Gasteiger partial charge in [0.15, 0.2) is 5.78 Å². The molecule has 0 saturated heterocycles.